The third kappa shape index (κ3) is 16.6. The Balaban J connectivity index is 0.840. The summed E-state index contributed by atoms with van der Waals surface area (Å²) in [6.07, 6.45) is 1.05. The monoisotopic (exact) mass is 1170 g/mol. The fourth-order valence-electron chi connectivity index (χ4n) is 10.2. The molecule has 2 unspecified atom stereocenters. The van der Waals surface area contributed by atoms with Gasteiger partial charge in [0.15, 0.2) is 11.5 Å². The number of fused-ring (bicyclic) bond motifs is 4. The average Bonchev–Trinajstić information content (AvgIpc) is 3.82. The van der Waals surface area contributed by atoms with E-state index in [1.165, 1.54) is 18.2 Å². The highest BCUT2D eigenvalue weighted by Crippen LogP contribution is 2.52. The van der Waals surface area contributed by atoms with Crippen LogP contribution in [0.2, 0.25) is 0 Å². The fraction of sp³-hybridized carbons (Fsp3) is 0.582. The van der Waals surface area contributed by atoms with E-state index < -0.39 is 65.6 Å². The van der Waals surface area contributed by atoms with Crippen LogP contribution in [0.5, 0.6) is 11.5 Å². The highest BCUT2D eigenvalue weighted by Gasteiger charge is 2.42. The van der Waals surface area contributed by atoms with E-state index in [1.807, 2.05) is 41.5 Å². The molecule has 0 bridgehead atoms. The molecule has 81 heavy (non-hydrogen) atoms. The highest BCUT2D eigenvalue weighted by molar-refractivity contribution is 7.89. The van der Waals surface area contributed by atoms with Crippen molar-refractivity contribution >= 4 is 55.2 Å². The molecule has 4 aliphatic rings. The quantitative estimate of drug-likeness (QED) is 0.0393. The molecule has 0 saturated carbocycles. The van der Waals surface area contributed by atoms with Crippen molar-refractivity contribution in [3.63, 3.8) is 0 Å². The zero-order valence-corrected chi connectivity index (χ0v) is 48.2. The number of nitrogens with zero attached hydrogens (tertiary/aromatic N) is 2. The topological polar surface area (TPSA) is 315 Å². The minimum absolute atomic E-state index is 0.0313. The van der Waals surface area contributed by atoms with Crippen molar-refractivity contribution in [3.05, 3.63) is 74.8 Å². The number of carbonyl (C=O) groups excluding carboxylic acids is 4. The molecule has 3 aromatic rings. The first-order valence-electron chi connectivity index (χ1n) is 26.9. The molecule has 446 valence electrons. The van der Waals surface area contributed by atoms with Gasteiger partial charge in [-0.15, -0.1) is 5.06 Å². The number of aromatic carboxylic acids is 1. The molecule has 1 fully saturated rings. The van der Waals surface area contributed by atoms with Gasteiger partial charge in [-0.05, 0) is 81.2 Å². The molecule has 2 N–H and O–H groups in total. The Kier molecular flexibility index (Phi) is 22.0. The summed E-state index contributed by atoms with van der Waals surface area (Å²) in [6.45, 7) is 15.4. The summed E-state index contributed by atoms with van der Waals surface area (Å²) >= 11 is 0. The fourth-order valence-corrected chi connectivity index (χ4v) is 12.3. The average molecular weight is 1170 g/mol. The predicted molar refractivity (Wildman–Crippen MR) is 285 cm³/mol. The van der Waals surface area contributed by atoms with E-state index in [4.69, 9.17) is 52.5 Å². The Morgan fingerprint density at radius 2 is 1.20 bits per heavy atom. The maximum Gasteiger partial charge on any atom is 0.335 e. The molecule has 4 aliphatic heterocycles. The molecule has 0 spiro atoms. The number of carboxylic acid groups (broad SMARTS) is 1. The second-order valence-corrected chi connectivity index (χ2v) is 24.1. The van der Waals surface area contributed by atoms with Crippen LogP contribution in [-0.2, 0) is 77.3 Å². The predicted octanol–water partition coefficient (Wildman–Crippen LogP) is 2.32. The lowest BCUT2D eigenvalue weighted by molar-refractivity contribution is -0.255. The first-order chi connectivity index (χ1) is 38.5. The number of carboxylic acids is 1. The van der Waals surface area contributed by atoms with Crippen molar-refractivity contribution in [1.82, 2.24) is 9.79 Å². The number of amides is 2. The largest absolute Gasteiger partial charge is 0.744 e. The van der Waals surface area contributed by atoms with Crippen LogP contribution in [0.4, 0.5) is 5.69 Å². The summed E-state index contributed by atoms with van der Waals surface area (Å²) in [4.78, 5) is 55.9. The number of imide groups is 1. The van der Waals surface area contributed by atoms with Gasteiger partial charge in [0.2, 0.25) is 10.0 Å². The number of rotatable bonds is 33. The molecule has 4 heterocycles. The molecule has 2 atom stereocenters. The van der Waals surface area contributed by atoms with E-state index in [0.29, 0.717) is 88.5 Å². The lowest BCUT2D eigenvalue weighted by Gasteiger charge is -2.40. The van der Waals surface area contributed by atoms with Gasteiger partial charge in [-0.1, -0.05) is 38.1 Å². The zero-order chi connectivity index (χ0) is 58.5. The van der Waals surface area contributed by atoms with E-state index in [-0.39, 0.29) is 133 Å². The summed E-state index contributed by atoms with van der Waals surface area (Å²) in [6, 6.07) is 9.39. The number of hydroxylamine groups is 2. The Morgan fingerprint density at radius 1 is 0.691 bits per heavy atom. The highest BCUT2D eigenvalue weighted by atomic mass is 32.2. The van der Waals surface area contributed by atoms with Crippen molar-refractivity contribution in [2.45, 2.75) is 106 Å². The molecule has 0 aliphatic carbocycles. The molecule has 0 aromatic heterocycles. The first kappa shape index (κ1) is 63.1. The number of ether oxygens (including phenoxy) is 9. The lowest BCUT2D eigenvalue weighted by Crippen LogP contribution is -2.40. The number of benzene rings is 3. The van der Waals surface area contributed by atoms with Crippen LogP contribution >= 0.6 is 0 Å². The zero-order valence-electron chi connectivity index (χ0n) is 46.6. The molecular weight excluding hydrogens is 1100 g/mol. The summed E-state index contributed by atoms with van der Waals surface area (Å²) in [5, 5.41) is 16.7. The van der Waals surface area contributed by atoms with Gasteiger partial charge in [0, 0.05) is 46.8 Å². The van der Waals surface area contributed by atoms with Crippen LogP contribution in [-0.4, -0.2) is 174 Å². The van der Waals surface area contributed by atoms with Crippen LogP contribution in [0.25, 0.3) is 5.57 Å². The molecular formula is C55H72N4O20S2-2. The van der Waals surface area contributed by atoms with Crippen molar-refractivity contribution in [1.29, 1.82) is 0 Å². The normalized spacial score (nSPS) is 18.1. The van der Waals surface area contributed by atoms with Gasteiger partial charge in [0.1, 0.15) is 19.9 Å². The summed E-state index contributed by atoms with van der Waals surface area (Å²) in [7, 11) is -9.97. The SMILES string of the molecule is CC1CC(C)(C)Nc2c1cc1c(c2S(=O)(=O)NCCOCCOCCOCCOCCOCCOCCOCCOCCC(=O)ON2C(=O)CCC2=O)Oc2c(S(=O)(=O)[O-])c3c(cc2=C1c1ccccc1C(=O)[O-])C(C)CC(C)(C)N=3. The molecule has 26 heteroatoms. The van der Waals surface area contributed by atoms with E-state index in [2.05, 4.69) is 10.0 Å². The lowest BCUT2D eigenvalue weighted by atomic mass is 9.79. The van der Waals surface area contributed by atoms with Crippen molar-refractivity contribution < 1.29 is 93.1 Å². The number of hydrogen-bond acceptors (Lipinski definition) is 22. The summed E-state index contributed by atoms with van der Waals surface area (Å²) in [5.41, 5.74) is 0.0169. The number of hydrogen-bond donors (Lipinski definition) is 2. The van der Waals surface area contributed by atoms with Crippen LogP contribution in [0.15, 0.2) is 51.2 Å². The van der Waals surface area contributed by atoms with Gasteiger partial charge in [-0.3, -0.25) is 14.6 Å². The second kappa shape index (κ2) is 28.2. The van der Waals surface area contributed by atoms with Crippen LogP contribution < -0.4 is 30.5 Å². The molecule has 2 amide bonds. The Hall–Kier alpha value is -5.49. The summed E-state index contributed by atoms with van der Waals surface area (Å²) < 4.78 is 124. The van der Waals surface area contributed by atoms with Crippen LogP contribution in [0.3, 0.4) is 0 Å². The third-order valence-electron chi connectivity index (χ3n) is 13.5. The van der Waals surface area contributed by atoms with Crippen molar-refractivity contribution in [3.8, 4) is 11.5 Å². The van der Waals surface area contributed by atoms with Crippen LogP contribution in [0, 0.1) is 0 Å². The van der Waals surface area contributed by atoms with Gasteiger partial charge in [0.05, 0.1) is 135 Å². The molecule has 0 radical (unpaired) electrons. The Bertz CT molecular complexity index is 3120. The first-order valence-corrected chi connectivity index (χ1v) is 29.8. The number of nitrogens with one attached hydrogen (secondary N) is 2. The Labute approximate surface area is 471 Å². The van der Waals surface area contributed by atoms with E-state index >= 15 is 0 Å². The Morgan fingerprint density at radius 3 is 1.73 bits per heavy atom. The van der Waals surface area contributed by atoms with E-state index in [0.717, 1.165) is 0 Å². The maximum absolute atomic E-state index is 14.9. The van der Waals surface area contributed by atoms with Gasteiger partial charge < -0.3 is 67.2 Å². The van der Waals surface area contributed by atoms with Gasteiger partial charge in [-0.25, -0.2) is 26.4 Å². The van der Waals surface area contributed by atoms with E-state index in [1.54, 1.807) is 18.2 Å². The molecule has 1 saturated heterocycles. The van der Waals surface area contributed by atoms with Gasteiger partial charge in [-0.2, -0.15) is 0 Å². The third-order valence-corrected chi connectivity index (χ3v) is 15.9. The van der Waals surface area contributed by atoms with Crippen molar-refractivity contribution in [2.75, 3.05) is 118 Å². The second-order valence-electron chi connectivity index (χ2n) is 21.1. The molecule has 24 nitrogen and oxygen atoms in total. The van der Waals surface area contributed by atoms with E-state index in [9.17, 15) is 45.7 Å². The minimum atomic E-state index is -5.39. The number of carbonyl (C=O) groups is 4. The minimum Gasteiger partial charge on any atom is -0.744 e. The van der Waals surface area contributed by atoms with Gasteiger partial charge in [0.25, 0.3) is 11.8 Å². The van der Waals surface area contributed by atoms with Gasteiger partial charge >= 0.3 is 5.97 Å². The molecule has 7 rings (SSSR count). The maximum atomic E-state index is 14.9. The van der Waals surface area contributed by atoms with Crippen molar-refractivity contribution in [2.24, 2.45) is 4.99 Å². The smallest absolute Gasteiger partial charge is 0.335 e. The summed E-state index contributed by atoms with van der Waals surface area (Å²) in [5.74, 6) is -4.62. The molecule has 3 aromatic carbocycles. The standard InChI is InChI=1S/C55H74N4O20S2/c1-35-33-54(3,4)57-47-39(35)31-41-46(37-9-7-8-10-38(37)53(63)64)42-32-40-36(2)34-55(5,6)58-48(40)52(81(67,68)69)50(42)78-49(41)51(47)80(65,66)56-14-16-71-18-20-73-22-24-75-26-28-77-30-29-76-27-25-74-23-21-72-19-17-70-15-13-45(62)79-59-43(60)11-12-44(59)61/h7-10,31-32,35-36,56-57H,11-30,33-34H2,1-6H3,(H,63,64)(H,67,68,69)/p-2. The number of sulfonamides is 1. The number of anilines is 1. The van der Waals surface area contributed by atoms with Crippen LogP contribution in [0.1, 0.15) is 118 Å².